The summed E-state index contributed by atoms with van der Waals surface area (Å²) in [4.78, 5) is 26.3. The number of nitrogens with one attached hydrogen (secondary N) is 1. The normalized spacial score (nSPS) is 16.7. The van der Waals surface area contributed by atoms with E-state index < -0.39 is 47.1 Å². The van der Waals surface area contributed by atoms with Gasteiger partial charge in [-0.25, -0.2) is 4.39 Å². The fourth-order valence-corrected chi connectivity index (χ4v) is 3.79. The van der Waals surface area contributed by atoms with Crippen molar-refractivity contribution in [3.05, 3.63) is 70.5 Å². The molecule has 6 nitrogen and oxygen atoms in total. The van der Waals surface area contributed by atoms with Gasteiger partial charge in [0.25, 0.3) is 17.5 Å². The van der Waals surface area contributed by atoms with Crippen molar-refractivity contribution in [2.45, 2.75) is 43.8 Å². The number of carbonyl (C=O) groups excluding carboxylic acids is 2. The monoisotopic (exact) mass is 468 g/mol. The molecule has 0 saturated heterocycles. The van der Waals surface area contributed by atoms with Crippen LogP contribution in [0.4, 0.5) is 13.2 Å². The molecule has 0 bridgehead atoms. The van der Waals surface area contributed by atoms with Crippen LogP contribution in [0, 0.1) is 5.82 Å². The topological polar surface area (TPSA) is 89.9 Å². The Morgan fingerprint density at radius 1 is 1.12 bits per heavy atom. The zero-order chi connectivity index (χ0) is 23.6. The van der Waals surface area contributed by atoms with Gasteiger partial charge in [-0.15, -0.1) is 0 Å². The number of alkyl halides is 2. The summed E-state index contributed by atoms with van der Waals surface area (Å²) in [5, 5.41) is 22.7. The van der Waals surface area contributed by atoms with Gasteiger partial charge in [-0.1, -0.05) is 45.6 Å². The fourth-order valence-electron chi connectivity index (χ4n) is 3.61. The molecule has 3 rings (SSSR count). The van der Waals surface area contributed by atoms with Gasteiger partial charge in [0.2, 0.25) is 0 Å². The van der Waals surface area contributed by atoms with Gasteiger partial charge in [0.1, 0.15) is 5.82 Å². The van der Waals surface area contributed by atoms with Crippen molar-refractivity contribution in [1.82, 2.24) is 10.2 Å². The second kappa shape index (κ2) is 9.57. The van der Waals surface area contributed by atoms with Crippen LogP contribution in [0.5, 0.6) is 0 Å². The van der Waals surface area contributed by atoms with Gasteiger partial charge >= 0.3 is 0 Å². The number of hydrogen-bond acceptors (Lipinski definition) is 4. The molecule has 0 saturated carbocycles. The molecule has 0 spiro atoms. The summed E-state index contributed by atoms with van der Waals surface area (Å²) >= 11 is 0. The van der Waals surface area contributed by atoms with E-state index in [1.54, 1.807) is 0 Å². The lowest BCUT2D eigenvalue weighted by atomic mass is 9.99. The lowest BCUT2D eigenvalue weighted by Gasteiger charge is -2.31. The minimum absolute atomic E-state index is 0.0861. The van der Waals surface area contributed by atoms with Crippen LogP contribution in [0.1, 0.15) is 35.2 Å². The van der Waals surface area contributed by atoms with Crippen LogP contribution in [0.25, 0.3) is 0 Å². The molecule has 32 heavy (non-hydrogen) atoms. The van der Waals surface area contributed by atoms with Gasteiger partial charge in [0.15, 0.2) is 12.2 Å². The molecule has 1 aliphatic heterocycles. The number of rotatable bonds is 6. The molecule has 2 amide bonds. The Hall–Kier alpha value is -2.48. The minimum atomic E-state index is -3.30. The number of fused-ring (bicyclic) bond motifs is 1. The minimum Gasteiger partial charge on any atom is -0.380 e. The predicted molar refractivity (Wildman–Crippen MR) is 114 cm³/mol. The largest absolute Gasteiger partial charge is 0.380 e. The highest BCUT2D eigenvalue weighted by Crippen LogP contribution is 2.36. The Morgan fingerprint density at radius 3 is 2.41 bits per heavy atom. The van der Waals surface area contributed by atoms with E-state index >= 15 is 0 Å². The highest BCUT2D eigenvalue weighted by molar-refractivity contribution is 7.17. The van der Waals surface area contributed by atoms with Gasteiger partial charge in [-0.05, 0) is 30.5 Å². The van der Waals surface area contributed by atoms with Crippen LogP contribution in [0.15, 0.2) is 42.5 Å². The van der Waals surface area contributed by atoms with Gasteiger partial charge in [0.05, 0.1) is 6.04 Å². The number of halogens is 3. The van der Waals surface area contributed by atoms with E-state index in [1.807, 2.05) is 24.3 Å². The maximum Gasteiger partial charge on any atom is 0.283 e. The molecule has 2 aromatic rings. The van der Waals surface area contributed by atoms with Gasteiger partial charge in [0, 0.05) is 24.2 Å². The Bertz CT molecular complexity index is 1010. The number of aliphatic hydroxyl groups excluding tert-OH is 2. The summed E-state index contributed by atoms with van der Waals surface area (Å²) in [7, 11) is 1.31. The highest BCUT2D eigenvalue weighted by atomic mass is 31.0. The maximum atomic E-state index is 14.3. The van der Waals surface area contributed by atoms with Crippen molar-refractivity contribution < 1.29 is 33.0 Å². The van der Waals surface area contributed by atoms with Crippen LogP contribution in [-0.4, -0.2) is 45.7 Å². The molecule has 1 heterocycles. The summed E-state index contributed by atoms with van der Waals surface area (Å²) in [6.07, 6.45) is -3.50. The molecule has 1 aliphatic rings. The van der Waals surface area contributed by atoms with E-state index in [9.17, 15) is 33.0 Å². The molecule has 10 heteroatoms. The highest BCUT2D eigenvalue weighted by Gasteiger charge is 2.35. The molecule has 4 atom stereocenters. The molecule has 0 fully saturated rings. The first kappa shape index (κ1) is 24.2. The third-order valence-corrected chi connectivity index (χ3v) is 5.81. The summed E-state index contributed by atoms with van der Waals surface area (Å²) < 4.78 is 40.9. The molecule has 0 aromatic heterocycles. The number of aliphatic hydroxyl groups is 2. The number of nitrogens with zero attached hydrogens (tertiary/aromatic N) is 1. The SMILES string of the molecule is CC(NC(=O)C(O)C(O)C(=O)N1CCc2ccccc2C1)c1ccc(C(F)(F)P)cc1F. The fraction of sp³-hybridized carbons (Fsp3) is 0.364. The molecule has 2 aromatic carbocycles. The molecule has 0 radical (unpaired) electrons. The Labute approximate surface area is 185 Å². The molecule has 172 valence electrons. The number of hydrogen-bond donors (Lipinski definition) is 3. The third kappa shape index (κ3) is 5.28. The second-order valence-electron chi connectivity index (χ2n) is 7.76. The van der Waals surface area contributed by atoms with Crippen molar-refractivity contribution in [2.75, 3.05) is 6.54 Å². The first-order valence-corrected chi connectivity index (χ1v) is 10.6. The zero-order valence-electron chi connectivity index (χ0n) is 17.3. The van der Waals surface area contributed by atoms with Crippen LogP contribution in [0.3, 0.4) is 0 Å². The zero-order valence-corrected chi connectivity index (χ0v) is 18.4. The summed E-state index contributed by atoms with van der Waals surface area (Å²) in [6, 6.07) is 9.32. The second-order valence-corrected chi connectivity index (χ2v) is 8.48. The lowest BCUT2D eigenvalue weighted by molar-refractivity contribution is -0.154. The van der Waals surface area contributed by atoms with E-state index in [0.29, 0.717) is 19.0 Å². The van der Waals surface area contributed by atoms with Crippen molar-refractivity contribution in [1.29, 1.82) is 0 Å². The van der Waals surface area contributed by atoms with Crippen LogP contribution in [0.2, 0.25) is 0 Å². The van der Waals surface area contributed by atoms with Gasteiger partial charge in [-0.2, -0.15) is 8.78 Å². The van der Waals surface area contributed by atoms with Crippen LogP contribution in [-0.2, 0) is 28.2 Å². The van der Waals surface area contributed by atoms with E-state index in [-0.39, 0.29) is 12.1 Å². The Morgan fingerprint density at radius 2 is 1.78 bits per heavy atom. The molecule has 4 unspecified atom stereocenters. The molecular formula is C22H24F3N2O4P. The number of amides is 2. The Kier molecular flexibility index (Phi) is 7.22. The average Bonchev–Trinajstić information content (AvgIpc) is 2.76. The van der Waals surface area contributed by atoms with Crippen molar-refractivity contribution in [3.63, 3.8) is 0 Å². The smallest absolute Gasteiger partial charge is 0.283 e. The Balaban J connectivity index is 1.63. The number of benzene rings is 2. The molecular weight excluding hydrogens is 444 g/mol. The van der Waals surface area contributed by atoms with Gasteiger partial charge < -0.3 is 20.4 Å². The van der Waals surface area contributed by atoms with Crippen molar-refractivity contribution in [2.24, 2.45) is 0 Å². The molecule has 0 aliphatic carbocycles. The summed E-state index contributed by atoms with van der Waals surface area (Å²) in [5.41, 5.74) is -1.93. The first-order chi connectivity index (χ1) is 15.0. The van der Waals surface area contributed by atoms with Crippen LogP contribution < -0.4 is 5.32 Å². The first-order valence-electron chi connectivity index (χ1n) is 9.97. The van der Waals surface area contributed by atoms with E-state index in [4.69, 9.17) is 0 Å². The standard InChI is InChI=1S/C22H24F3N2O4P/c1-12(16-7-6-15(10-17(16)23)22(24,25)32)26-20(30)18(28)19(29)21(31)27-9-8-13-4-2-3-5-14(13)11-27/h2-7,10,12,18-19,28-29H,8-9,11,32H2,1H3,(H,26,30). The van der Waals surface area contributed by atoms with E-state index in [2.05, 4.69) is 5.32 Å². The lowest BCUT2D eigenvalue weighted by Crippen LogP contribution is -2.52. The predicted octanol–water partition coefficient (Wildman–Crippen LogP) is 2.23. The summed E-state index contributed by atoms with van der Waals surface area (Å²) in [5.74, 6) is -2.85. The number of carbonyl (C=O) groups is 2. The van der Waals surface area contributed by atoms with Crippen molar-refractivity contribution >= 4 is 21.1 Å². The van der Waals surface area contributed by atoms with Crippen molar-refractivity contribution in [3.8, 4) is 0 Å². The summed E-state index contributed by atoms with van der Waals surface area (Å²) in [6.45, 7) is 1.96. The quantitative estimate of drug-likeness (QED) is 0.568. The average molecular weight is 468 g/mol. The van der Waals surface area contributed by atoms with Crippen LogP contribution >= 0.6 is 9.24 Å². The van der Waals surface area contributed by atoms with E-state index in [1.165, 1.54) is 21.1 Å². The van der Waals surface area contributed by atoms with Gasteiger partial charge in [-0.3, -0.25) is 9.59 Å². The third-order valence-electron chi connectivity index (χ3n) is 5.47. The van der Waals surface area contributed by atoms with E-state index in [0.717, 1.165) is 23.3 Å². The molecule has 3 N–H and O–H groups in total. The maximum absolute atomic E-state index is 14.3.